The summed E-state index contributed by atoms with van der Waals surface area (Å²) in [5.74, 6) is 1.07. The van der Waals surface area contributed by atoms with Crippen LogP contribution in [0.5, 0.6) is 5.75 Å². The number of hydrogen-bond acceptors (Lipinski definition) is 4. The van der Waals surface area contributed by atoms with Crippen molar-refractivity contribution in [1.82, 2.24) is 9.66 Å². The molecule has 0 saturated heterocycles. The topological polar surface area (TPSA) is 65.4 Å². The van der Waals surface area contributed by atoms with Crippen molar-refractivity contribution < 1.29 is 4.74 Å². The van der Waals surface area contributed by atoms with Gasteiger partial charge in [-0.1, -0.05) is 54.6 Å². The van der Waals surface area contributed by atoms with Gasteiger partial charge in [0, 0.05) is 11.1 Å². The number of nitrogen functional groups attached to an aromatic ring is 1. The lowest BCUT2D eigenvalue weighted by atomic mass is 10.1. The highest BCUT2D eigenvalue weighted by Crippen LogP contribution is 2.23. The molecule has 1 heterocycles. The fourth-order valence-corrected chi connectivity index (χ4v) is 2.39. The highest BCUT2D eigenvalue weighted by Gasteiger charge is 2.09. The summed E-state index contributed by atoms with van der Waals surface area (Å²) in [6, 6.07) is 15.8. The van der Waals surface area contributed by atoms with Crippen LogP contribution in [-0.2, 0) is 0 Å². The Bertz CT molecular complexity index is 894. The van der Waals surface area contributed by atoms with E-state index in [1.807, 2.05) is 55.5 Å². The van der Waals surface area contributed by atoms with E-state index < -0.39 is 0 Å². The molecule has 0 aliphatic heterocycles. The predicted octanol–water partition coefficient (Wildman–Crippen LogP) is 3.89. The number of rotatable bonds is 6. The van der Waals surface area contributed by atoms with Crippen LogP contribution in [0.3, 0.4) is 0 Å². The highest BCUT2D eigenvalue weighted by molar-refractivity contribution is 5.83. The molecule has 0 atom stereocenters. The Morgan fingerprint density at radius 3 is 2.72 bits per heavy atom. The SMILES string of the molecule is C=CCOc1ccccc1C=Nn1c(-c2ccc(C)cc2)cnc1N. The van der Waals surface area contributed by atoms with Crippen LogP contribution >= 0.6 is 0 Å². The van der Waals surface area contributed by atoms with Gasteiger partial charge in [-0.2, -0.15) is 9.78 Å². The zero-order valence-electron chi connectivity index (χ0n) is 14.1. The molecule has 3 rings (SSSR count). The molecular weight excluding hydrogens is 312 g/mol. The second-order valence-corrected chi connectivity index (χ2v) is 5.56. The number of nitrogens with zero attached hydrogens (tertiary/aromatic N) is 3. The molecule has 0 unspecified atom stereocenters. The Labute approximate surface area is 147 Å². The molecule has 3 aromatic rings. The Balaban J connectivity index is 1.94. The first-order valence-corrected chi connectivity index (χ1v) is 7.96. The maximum absolute atomic E-state index is 5.98. The lowest BCUT2D eigenvalue weighted by Crippen LogP contribution is -2.01. The molecule has 126 valence electrons. The van der Waals surface area contributed by atoms with E-state index in [0.717, 1.165) is 22.6 Å². The third kappa shape index (κ3) is 3.77. The minimum atomic E-state index is 0.330. The van der Waals surface area contributed by atoms with Crippen LogP contribution in [0, 0.1) is 6.92 Å². The fraction of sp³-hybridized carbons (Fsp3) is 0.100. The van der Waals surface area contributed by atoms with E-state index >= 15 is 0 Å². The second-order valence-electron chi connectivity index (χ2n) is 5.56. The molecule has 2 N–H and O–H groups in total. The normalized spacial score (nSPS) is 10.9. The summed E-state index contributed by atoms with van der Waals surface area (Å²) >= 11 is 0. The van der Waals surface area contributed by atoms with Gasteiger partial charge in [0.1, 0.15) is 12.4 Å². The summed E-state index contributed by atoms with van der Waals surface area (Å²) in [4.78, 5) is 4.18. The number of anilines is 1. The first-order valence-electron chi connectivity index (χ1n) is 7.96. The van der Waals surface area contributed by atoms with Gasteiger partial charge in [0.2, 0.25) is 5.95 Å². The van der Waals surface area contributed by atoms with Gasteiger partial charge in [0.05, 0.1) is 18.1 Å². The van der Waals surface area contributed by atoms with E-state index in [0.29, 0.717) is 12.6 Å². The van der Waals surface area contributed by atoms with E-state index in [1.165, 1.54) is 5.56 Å². The summed E-state index contributed by atoms with van der Waals surface area (Å²) in [6.45, 7) is 6.15. The van der Waals surface area contributed by atoms with E-state index in [4.69, 9.17) is 10.5 Å². The van der Waals surface area contributed by atoms with Crippen molar-refractivity contribution in [1.29, 1.82) is 0 Å². The first-order chi connectivity index (χ1) is 12.2. The van der Waals surface area contributed by atoms with Crippen LogP contribution in [-0.4, -0.2) is 22.5 Å². The number of aromatic nitrogens is 2. The molecule has 0 aliphatic rings. The van der Waals surface area contributed by atoms with Gasteiger partial charge in [0.15, 0.2) is 0 Å². The van der Waals surface area contributed by atoms with Crippen molar-refractivity contribution >= 4 is 12.2 Å². The molecule has 0 radical (unpaired) electrons. The van der Waals surface area contributed by atoms with Gasteiger partial charge in [-0.05, 0) is 19.1 Å². The number of ether oxygens (including phenoxy) is 1. The molecule has 5 nitrogen and oxygen atoms in total. The van der Waals surface area contributed by atoms with Crippen LogP contribution in [0.25, 0.3) is 11.3 Å². The minimum Gasteiger partial charge on any atom is -0.489 e. The Morgan fingerprint density at radius 1 is 1.20 bits per heavy atom. The molecule has 0 fully saturated rings. The number of imidazole rings is 1. The molecule has 0 spiro atoms. The minimum absolute atomic E-state index is 0.330. The van der Waals surface area contributed by atoms with E-state index in [9.17, 15) is 0 Å². The molecule has 2 aromatic carbocycles. The summed E-state index contributed by atoms with van der Waals surface area (Å²) in [5, 5.41) is 4.50. The lowest BCUT2D eigenvalue weighted by Gasteiger charge is -2.07. The van der Waals surface area contributed by atoms with Crippen LogP contribution in [0.1, 0.15) is 11.1 Å². The fourth-order valence-electron chi connectivity index (χ4n) is 2.39. The van der Waals surface area contributed by atoms with Crippen LogP contribution in [0.2, 0.25) is 0 Å². The van der Waals surface area contributed by atoms with Crippen molar-refractivity contribution in [2.45, 2.75) is 6.92 Å². The Morgan fingerprint density at radius 2 is 1.96 bits per heavy atom. The van der Waals surface area contributed by atoms with Gasteiger partial charge in [0.25, 0.3) is 0 Å². The van der Waals surface area contributed by atoms with Crippen LogP contribution in [0.4, 0.5) is 5.95 Å². The van der Waals surface area contributed by atoms with Crippen molar-refractivity contribution in [2.75, 3.05) is 12.3 Å². The quantitative estimate of drug-likeness (QED) is 0.550. The smallest absolute Gasteiger partial charge is 0.221 e. The van der Waals surface area contributed by atoms with Crippen LogP contribution in [0.15, 0.2) is 72.5 Å². The second kappa shape index (κ2) is 7.49. The van der Waals surface area contributed by atoms with Crippen molar-refractivity contribution in [3.05, 3.63) is 78.5 Å². The maximum Gasteiger partial charge on any atom is 0.221 e. The monoisotopic (exact) mass is 332 g/mol. The molecule has 25 heavy (non-hydrogen) atoms. The average Bonchev–Trinajstić information content (AvgIpc) is 3.00. The molecule has 0 saturated carbocycles. The zero-order chi connectivity index (χ0) is 17.6. The number of benzene rings is 2. The zero-order valence-corrected chi connectivity index (χ0v) is 14.1. The Hall–Kier alpha value is -3.34. The third-order valence-corrected chi connectivity index (χ3v) is 3.70. The summed E-state index contributed by atoms with van der Waals surface area (Å²) < 4.78 is 7.27. The lowest BCUT2D eigenvalue weighted by molar-refractivity contribution is 0.362. The van der Waals surface area contributed by atoms with Gasteiger partial charge in [-0.15, -0.1) is 0 Å². The molecule has 1 aromatic heterocycles. The van der Waals surface area contributed by atoms with Crippen molar-refractivity contribution in [3.8, 4) is 17.0 Å². The first kappa shape index (κ1) is 16.5. The molecule has 0 aliphatic carbocycles. The van der Waals surface area contributed by atoms with Crippen molar-refractivity contribution in [2.24, 2.45) is 5.10 Å². The number of para-hydroxylation sites is 1. The number of hydrogen-bond donors (Lipinski definition) is 1. The van der Waals surface area contributed by atoms with E-state index in [1.54, 1.807) is 23.2 Å². The molecule has 0 bridgehead atoms. The Kier molecular flexibility index (Phi) is 4.95. The summed E-state index contributed by atoms with van der Waals surface area (Å²) in [6.07, 6.45) is 5.14. The standard InChI is InChI=1S/C20H20N4O/c1-3-12-25-19-7-5-4-6-17(19)13-23-24-18(14-22-20(24)21)16-10-8-15(2)9-11-16/h3-11,13-14H,1,12H2,2H3,(H2,21,22). The third-order valence-electron chi connectivity index (χ3n) is 3.70. The van der Waals surface area contributed by atoms with E-state index in [2.05, 4.69) is 16.7 Å². The summed E-state index contributed by atoms with van der Waals surface area (Å²) in [7, 11) is 0. The molecule has 0 amide bonds. The van der Waals surface area contributed by atoms with E-state index in [-0.39, 0.29) is 0 Å². The average molecular weight is 332 g/mol. The van der Waals surface area contributed by atoms with Gasteiger partial charge in [-0.3, -0.25) is 0 Å². The summed E-state index contributed by atoms with van der Waals surface area (Å²) in [5.41, 5.74) is 9.87. The van der Waals surface area contributed by atoms with Gasteiger partial charge < -0.3 is 10.5 Å². The van der Waals surface area contributed by atoms with Crippen LogP contribution < -0.4 is 10.5 Å². The highest BCUT2D eigenvalue weighted by atomic mass is 16.5. The number of aryl methyl sites for hydroxylation is 1. The number of nitrogens with two attached hydrogens (primary N) is 1. The molecule has 5 heteroatoms. The maximum atomic E-state index is 5.98. The largest absolute Gasteiger partial charge is 0.489 e. The predicted molar refractivity (Wildman–Crippen MR) is 102 cm³/mol. The van der Waals surface area contributed by atoms with Gasteiger partial charge >= 0.3 is 0 Å². The van der Waals surface area contributed by atoms with Gasteiger partial charge in [-0.25, -0.2) is 4.98 Å². The van der Waals surface area contributed by atoms with Crippen molar-refractivity contribution in [3.63, 3.8) is 0 Å². The molecular formula is C20H20N4O.